The third-order valence-corrected chi connectivity index (χ3v) is 2.90. The van der Waals surface area contributed by atoms with Gasteiger partial charge in [0.05, 0.1) is 0 Å². The van der Waals surface area contributed by atoms with Crippen LogP contribution in [-0.4, -0.2) is 34.8 Å². The molecule has 2 rings (SSSR count). The maximum Gasteiger partial charge on any atom is 0.229 e. The van der Waals surface area contributed by atoms with Crippen LogP contribution in [0.1, 0.15) is 24.5 Å². The Labute approximate surface area is 99.6 Å². The monoisotopic (exact) mass is 233 g/mol. The Kier molecular flexibility index (Phi) is 3.49. The maximum atomic E-state index is 11.8. The average molecular weight is 233 g/mol. The molecule has 0 atom stereocenters. The predicted molar refractivity (Wildman–Crippen MR) is 62.0 cm³/mol. The first-order valence-corrected chi connectivity index (χ1v) is 5.66. The number of nitrogens with zero attached hydrogens (tertiary/aromatic N) is 2. The standard InChI is InChI=1S/C12H15N3O2/c13-4-6-15-11(16)7-9(8-12(15)17)10-3-1-2-5-14-10/h1-3,5,9H,4,6-8,13H2. The smallest absolute Gasteiger partial charge is 0.229 e. The first-order chi connectivity index (χ1) is 8.22. The van der Waals surface area contributed by atoms with Gasteiger partial charge in [0.25, 0.3) is 0 Å². The number of carbonyl (C=O) groups excluding carboxylic acids is 2. The molecule has 1 aromatic heterocycles. The number of nitrogens with two attached hydrogens (primary N) is 1. The van der Waals surface area contributed by atoms with E-state index in [1.807, 2.05) is 18.2 Å². The van der Waals surface area contributed by atoms with Crippen molar-refractivity contribution in [2.24, 2.45) is 5.73 Å². The number of amides is 2. The molecule has 1 fully saturated rings. The maximum absolute atomic E-state index is 11.8. The normalized spacial score (nSPS) is 17.6. The molecule has 17 heavy (non-hydrogen) atoms. The molecule has 0 aliphatic carbocycles. The second-order valence-electron chi connectivity index (χ2n) is 4.09. The molecule has 2 heterocycles. The molecule has 0 radical (unpaired) electrons. The van der Waals surface area contributed by atoms with E-state index in [4.69, 9.17) is 5.73 Å². The Balaban J connectivity index is 2.12. The minimum absolute atomic E-state index is 0.0924. The minimum atomic E-state index is -0.151. The van der Waals surface area contributed by atoms with E-state index in [-0.39, 0.29) is 17.7 Å². The van der Waals surface area contributed by atoms with E-state index in [0.717, 1.165) is 5.69 Å². The summed E-state index contributed by atoms with van der Waals surface area (Å²) in [6.45, 7) is 0.623. The van der Waals surface area contributed by atoms with Gasteiger partial charge in [0.2, 0.25) is 11.8 Å². The van der Waals surface area contributed by atoms with E-state index >= 15 is 0 Å². The van der Waals surface area contributed by atoms with Crippen molar-refractivity contribution in [3.05, 3.63) is 30.1 Å². The molecule has 1 aliphatic heterocycles. The van der Waals surface area contributed by atoms with Crippen LogP contribution < -0.4 is 5.73 Å². The summed E-state index contributed by atoms with van der Waals surface area (Å²) < 4.78 is 0. The molecule has 5 nitrogen and oxygen atoms in total. The zero-order valence-electron chi connectivity index (χ0n) is 9.50. The van der Waals surface area contributed by atoms with Gasteiger partial charge in [-0.05, 0) is 12.1 Å². The van der Waals surface area contributed by atoms with Crippen molar-refractivity contribution >= 4 is 11.8 Å². The van der Waals surface area contributed by atoms with Crippen molar-refractivity contribution in [1.82, 2.24) is 9.88 Å². The van der Waals surface area contributed by atoms with Gasteiger partial charge in [0.1, 0.15) is 0 Å². The second-order valence-corrected chi connectivity index (χ2v) is 4.09. The molecule has 0 aromatic carbocycles. The largest absolute Gasteiger partial charge is 0.329 e. The summed E-state index contributed by atoms with van der Waals surface area (Å²) in [5.74, 6) is -0.394. The molecular weight excluding hydrogens is 218 g/mol. The lowest BCUT2D eigenvalue weighted by Crippen LogP contribution is -2.45. The number of carbonyl (C=O) groups is 2. The number of rotatable bonds is 3. The van der Waals surface area contributed by atoms with Crippen LogP contribution >= 0.6 is 0 Å². The second kappa shape index (κ2) is 5.05. The highest BCUT2D eigenvalue weighted by atomic mass is 16.2. The minimum Gasteiger partial charge on any atom is -0.329 e. The van der Waals surface area contributed by atoms with Gasteiger partial charge in [-0.25, -0.2) is 0 Å². The van der Waals surface area contributed by atoms with Crippen molar-refractivity contribution in [2.75, 3.05) is 13.1 Å². The number of hydrogen-bond donors (Lipinski definition) is 1. The van der Waals surface area contributed by atoms with Gasteiger partial charge in [0.15, 0.2) is 0 Å². The number of pyridine rings is 1. The molecule has 2 N–H and O–H groups in total. The van der Waals surface area contributed by atoms with Gasteiger partial charge >= 0.3 is 0 Å². The van der Waals surface area contributed by atoms with Gasteiger partial charge in [0, 0.05) is 43.7 Å². The molecular formula is C12H15N3O2. The quantitative estimate of drug-likeness (QED) is 0.760. The molecule has 1 saturated heterocycles. The molecule has 90 valence electrons. The molecule has 1 aromatic rings. The summed E-state index contributed by atoms with van der Waals surface area (Å²) >= 11 is 0. The average Bonchev–Trinajstić information content (AvgIpc) is 2.35. The predicted octanol–water partition coefficient (Wildman–Crippen LogP) is 0.273. The van der Waals surface area contributed by atoms with Crippen LogP contribution in [0.2, 0.25) is 0 Å². The van der Waals surface area contributed by atoms with Crippen LogP contribution in [0, 0.1) is 0 Å². The van der Waals surface area contributed by atoms with E-state index in [9.17, 15) is 9.59 Å². The summed E-state index contributed by atoms with van der Waals surface area (Å²) in [7, 11) is 0. The number of likely N-dealkylation sites (tertiary alicyclic amines) is 1. The van der Waals surface area contributed by atoms with Crippen LogP contribution in [-0.2, 0) is 9.59 Å². The zero-order chi connectivity index (χ0) is 12.3. The fourth-order valence-electron chi connectivity index (χ4n) is 2.06. The van der Waals surface area contributed by atoms with E-state index < -0.39 is 0 Å². The van der Waals surface area contributed by atoms with E-state index in [0.29, 0.717) is 25.9 Å². The topological polar surface area (TPSA) is 76.3 Å². The SMILES string of the molecule is NCCN1C(=O)CC(c2ccccn2)CC1=O. The third-order valence-electron chi connectivity index (χ3n) is 2.90. The Morgan fingerprint density at radius 1 is 1.29 bits per heavy atom. The Morgan fingerprint density at radius 2 is 2.00 bits per heavy atom. The van der Waals surface area contributed by atoms with Crippen LogP contribution in [0.4, 0.5) is 0 Å². The number of hydrogen-bond acceptors (Lipinski definition) is 4. The van der Waals surface area contributed by atoms with Crippen molar-refractivity contribution in [1.29, 1.82) is 0 Å². The van der Waals surface area contributed by atoms with Crippen LogP contribution in [0.3, 0.4) is 0 Å². The highest BCUT2D eigenvalue weighted by Crippen LogP contribution is 2.27. The molecule has 2 amide bonds. The van der Waals surface area contributed by atoms with Crippen LogP contribution in [0.15, 0.2) is 24.4 Å². The summed E-state index contributed by atoms with van der Waals surface area (Å²) in [4.78, 5) is 29.0. The number of piperidine rings is 1. The third kappa shape index (κ3) is 2.50. The summed E-state index contributed by atoms with van der Waals surface area (Å²) in [5.41, 5.74) is 6.18. The molecule has 0 saturated carbocycles. The fraction of sp³-hybridized carbons (Fsp3) is 0.417. The Bertz CT molecular complexity index is 401. The van der Waals surface area contributed by atoms with Crippen molar-refractivity contribution in [3.8, 4) is 0 Å². The lowest BCUT2D eigenvalue weighted by Gasteiger charge is -2.29. The highest BCUT2D eigenvalue weighted by molar-refractivity contribution is 5.98. The van der Waals surface area contributed by atoms with E-state index in [1.54, 1.807) is 6.20 Å². The fourth-order valence-corrected chi connectivity index (χ4v) is 2.06. The van der Waals surface area contributed by atoms with Crippen molar-refractivity contribution in [2.45, 2.75) is 18.8 Å². The van der Waals surface area contributed by atoms with Crippen LogP contribution in [0.25, 0.3) is 0 Å². The highest BCUT2D eigenvalue weighted by Gasteiger charge is 2.33. The molecule has 1 aliphatic rings. The number of imide groups is 1. The number of aromatic nitrogens is 1. The van der Waals surface area contributed by atoms with Crippen molar-refractivity contribution in [3.63, 3.8) is 0 Å². The van der Waals surface area contributed by atoms with Gasteiger partial charge in [-0.1, -0.05) is 6.07 Å². The molecule has 5 heteroatoms. The molecule has 0 spiro atoms. The lowest BCUT2D eigenvalue weighted by molar-refractivity contribution is -0.148. The molecule has 0 unspecified atom stereocenters. The van der Waals surface area contributed by atoms with Crippen molar-refractivity contribution < 1.29 is 9.59 Å². The lowest BCUT2D eigenvalue weighted by atomic mass is 9.92. The summed E-state index contributed by atoms with van der Waals surface area (Å²) in [6, 6.07) is 5.53. The van der Waals surface area contributed by atoms with Crippen LogP contribution in [0.5, 0.6) is 0 Å². The zero-order valence-corrected chi connectivity index (χ0v) is 9.50. The Morgan fingerprint density at radius 3 is 2.53 bits per heavy atom. The van der Waals surface area contributed by atoms with Gasteiger partial charge in [-0.15, -0.1) is 0 Å². The first-order valence-electron chi connectivity index (χ1n) is 5.66. The van der Waals surface area contributed by atoms with Gasteiger partial charge < -0.3 is 5.73 Å². The molecule has 0 bridgehead atoms. The van der Waals surface area contributed by atoms with Gasteiger partial charge in [-0.3, -0.25) is 19.5 Å². The van der Waals surface area contributed by atoms with E-state index in [1.165, 1.54) is 4.90 Å². The summed E-state index contributed by atoms with van der Waals surface area (Å²) in [6.07, 6.45) is 2.35. The van der Waals surface area contributed by atoms with E-state index in [2.05, 4.69) is 4.98 Å². The Hall–Kier alpha value is -1.75. The summed E-state index contributed by atoms with van der Waals surface area (Å²) in [5, 5.41) is 0. The van der Waals surface area contributed by atoms with Gasteiger partial charge in [-0.2, -0.15) is 0 Å². The first kappa shape index (κ1) is 11.7.